The lowest BCUT2D eigenvalue weighted by Gasteiger charge is -2.36. The molecule has 0 spiro atoms. The van der Waals surface area contributed by atoms with Crippen molar-refractivity contribution >= 4 is 11.7 Å². The minimum absolute atomic E-state index is 0.169. The average Bonchev–Trinajstić information content (AvgIpc) is 3.06. The number of hydrogen-bond acceptors (Lipinski definition) is 4. The minimum Gasteiger partial charge on any atom is -0.354 e. The summed E-state index contributed by atoms with van der Waals surface area (Å²) in [6.07, 6.45) is 4.14. The van der Waals surface area contributed by atoms with E-state index in [1.807, 2.05) is 17.7 Å². The summed E-state index contributed by atoms with van der Waals surface area (Å²) in [6, 6.07) is 6.62. The molecular weight excluding hydrogens is 417 g/mol. The highest BCUT2D eigenvalue weighted by Crippen LogP contribution is 2.33. The van der Waals surface area contributed by atoms with Crippen LogP contribution in [0.1, 0.15) is 50.8 Å². The predicted octanol–water partition coefficient (Wildman–Crippen LogP) is 4.25. The van der Waals surface area contributed by atoms with Crippen molar-refractivity contribution in [2.24, 2.45) is 11.8 Å². The number of aryl methyl sites for hydroxylation is 1. The Balaban J connectivity index is 1.71. The molecular formula is C26H38FN5O. The molecule has 0 radical (unpaired) electrons. The number of amides is 1. The van der Waals surface area contributed by atoms with Crippen molar-refractivity contribution in [1.82, 2.24) is 19.6 Å². The highest BCUT2D eigenvalue weighted by Gasteiger charge is 2.32. The molecule has 2 heterocycles. The second-order valence-corrected chi connectivity index (χ2v) is 10.1. The molecule has 2 fully saturated rings. The lowest BCUT2D eigenvalue weighted by Crippen LogP contribution is -2.46. The molecule has 180 valence electrons. The Labute approximate surface area is 197 Å². The van der Waals surface area contributed by atoms with Crippen LogP contribution in [0.25, 0.3) is 5.69 Å². The molecule has 7 heteroatoms. The van der Waals surface area contributed by atoms with Crippen LogP contribution in [0.5, 0.6) is 0 Å². The van der Waals surface area contributed by atoms with Crippen LogP contribution in [0.2, 0.25) is 0 Å². The van der Waals surface area contributed by atoms with E-state index in [1.165, 1.54) is 12.1 Å². The Kier molecular flexibility index (Phi) is 7.37. The van der Waals surface area contributed by atoms with Gasteiger partial charge >= 0.3 is 0 Å². The highest BCUT2D eigenvalue weighted by atomic mass is 19.1. The zero-order valence-corrected chi connectivity index (χ0v) is 20.6. The monoisotopic (exact) mass is 455 g/mol. The van der Waals surface area contributed by atoms with Crippen LogP contribution in [0.15, 0.2) is 24.3 Å². The summed E-state index contributed by atoms with van der Waals surface area (Å²) in [5.74, 6) is 1.72. The number of carbonyl (C=O) groups is 1. The average molecular weight is 456 g/mol. The number of benzene rings is 1. The van der Waals surface area contributed by atoms with Crippen LogP contribution < -0.4 is 4.90 Å². The van der Waals surface area contributed by atoms with Crippen molar-refractivity contribution in [3.8, 4) is 5.69 Å². The second kappa shape index (κ2) is 10.2. The normalized spacial score (nSPS) is 17.5. The number of halogens is 1. The third kappa shape index (κ3) is 5.40. The van der Waals surface area contributed by atoms with Gasteiger partial charge < -0.3 is 14.7 Å². The lowest BCUT2D eigenvalue weighted by atomic mass is 9.84. The number of anilines is 1. The molecule has 33 heavy (non-hydrogen) atoms. The van der Waals surface area contributed by atoms with Crippen molar-refractivity contribution in [2.75, 3.05) is 44.7 Å². The van der Waals surface area contributed by atoms with Gasteiger partial charge in [0.25, 0.3) is 0 Å². The van der Waals surface area contributed by atoms with Gasteiger partial charge in [-0.3, -0.25) is 4.79 Å². The minimum atomic E-state index is -0.273. The molecule has 1 aliphatic heterocycles. The molecule has 1 saturated carbocycles. The zero-order valence-electron chi connectivity index (χ0n) is 20.6. The summed E-state index contributed by atoms with van der Waals surface area (Å²) in [7, 11) is 2.14. The van der Waals surface area contributed by atoms with E-state index in [-0.39, 0.29) is 17.6 Å². The van der Waals surface area contributed by atoms with Crippen molar-refractivity contribution in [3.05, 3.63) is 41.3 Å². The number of hydrogen-bond donors (Lipinski definition) is 0. The van der Waals surface area contributed by atoms with Crippen LogP contribution in [-0.2, 0) is 11.3 Å². The first-order chi connectivity index (χ1) is 15.8. The van der Waals surface area contributed by atoms with E-state index in [4.69, 9.17) is 5.10 Å². The number of carbonyl (C=O) groups excluding carboxylic acids is 1. The van der Waals surface area contributed by atoms with Gasteiger partial charge in [-0.05, 0) is 57.4 Å². The van der Waals surface area contributed by atoms with E-state index in [0.717, 1.165) is 81.2 Å². The predicted molar refractivity (Wildman–Crippen MR) is 130 cm³/mol. The van der Waals surface area contributed by atoms with E-state index < -0.39 is 0 Å². The summed E-state index contributed by atoms with van der Waals surface area (Å²) in [6.45, 7) is 11.4. The fraction of sp³-hybridized carbons (Fsp3) is 0.615. The maximum atomic E-state index is 14.1. The van der Waals surface area contributed by atoms with E-state index in [1.54, 1.807) is 6.07 Å². The number of nitrogens with zero attached hydrogens (tertiary/aromatic N) is 5. The van der Waals surface area contributed by atoms with Gasteiger partial charge in [0.15, 0.2) is 0 Å². The molecule has 1 aliphatic carbocycles. The van der Waals surface area contributed by atoms with E-state index in [2.05, 4.69) is 35.6 Å². The van der Waals surface area contributed by atoms with Gasteiger partial charge in [0, 0.05) is 44.2 Å². The van der Waals surface area contributed by atoms with E-state index >= 15 is 0 Å². The van der Waals surface area contributed by atoms with Gasteiger partial charge in [0.2, 0.25) is 5.91 Å². The quantitative estimate of drug-likeness (QED) is 0.597. The van der Waals surface area contributed by atoms with Gasteiger partial charge in [-0.2, -0.15) is 5.10 Å². The molecule has 1 aromatic heterocycles. The topological polar surface area (TPSA) is 44.6 Å². The van der Waals surface area contributed by atoms with Crippen LogP contribution in [0, 0.1) is 24.6 Å². The fourth-order valence-corrected chi connectivity index (χ4v) is 4.65. The third-order valence-electron chi connectivity index (χ3n) is 7.10. The Morgan fingerprint density at radius 1 is 1.21 bits per heavy atom. The second-order valence-electron chi connectivity index (χ2n) is 10.1. The molecule has 2 aliphatic rings. The molecule has 0 atom stereocenters. The SMILES string of the molecule is Cc1nn(-c2cccc(F)c2)c(N2CCN(C)CC2)c1CN(CCC(C)C)C(=O)C1CCC1. The van der Waals surface area contributed by atoms with Crippen molar-refractivity contribution in [3.63, 3.8) is 0 Å². The smallest absolute Gasteiger partial charge is 0.225 e. The van der Waals surface area contributed by atoms with Gasteiger partial charge in [0.05, 0.1) is 17.9 Å². The van der Waals surface area contributed by atoms with Crippen molar-refractivity contribution in [2.45, 2.75) is 53.0 Å². The number of piperazine rings is 1. The number of aromatic nitrogens is 2. The van der Waals surface area contributed by atoms with Crippen molar-refractivity contribution in [1.29, 1.82) is 0 Å². The van der Waals surface area contributed by atoms with Crippen LogP contribution in [-0.4, -0.2) is 65.3 Å². The lowest BCUT2D eigenvalue weighted by molar-refractivity contribution is -0.139. The highest BCUT2D eigenvalue weighted by molar-refractivity contribution is 5.80. The molecule has 6 nitrogen and oxygen atoms in total. The Hall–Kier alpha value is -2.41. The first-order valence-electron chi connectivity index (χ1n) is 12.4. The van der Waals surface area contributed by atoms with Crippen LogP contribution in [0.4, 0.5) is 10.2 Å². The molecule has 0 unspecified atom stereocenters. The summed E-state index contributed by atoms with van der Waals surface area (Å²) < 4.78 is 16.0. The Morgan fingerprint density at radius 2 is 1.94 bits per heavy atom. The van der Waals surface area contributed by atoms with E-state index in [9.17, 15) is 9.18 Å². The number of likely N-dealkylation sites (N-methyl/N-ethyl adjacent to an activating group) is 1. The van der Waals surface area contributed by atoms with Crippen LogP contribution in [0.3, 0.4) is 0 Å². The molecule has 4 rings (SSSR count). The van der Waals surface area contributed by atoms with E-state index in [0.29, 0.717) is 12.5 Å². The maximum absolute atomic E-state index is 14.1. The van der Waals surface area contributed by atoms with Gasteiger partial charge in [0.1, 0.15) is 11.6 Å². The zero-order chi connectivity index (χ0) is 23.5. The maximum Gasteiger partial charge on any atom is 0.225 e. The first kappa shape index (κ1) is 23.7. The summed E-state index contributed by atoms with van der Waals surface area (Å²) >= 11 is 0. The molecule has 0 bridgehead atoms. The molecule has 1 amide bonds. The summed E-state index contributed by atoms with van der Waals surface area (Å²) in [5, 5.41) is 4.86. The number of rotatable bonds is 8. The molecule has 0 N–H and O–H groups in total. The first-order valence-corrected chi connectivity index (χ1v) is 12.4. The summed E-state index contributed by atoms with van der Waals surface area (Å²) in [4.78, 5) is 20.1. The fourth-order valence-electron chi connectivity index (χ4n) is 4.65. The Morgan fingerprint density at radius 3 is 2.55 bits per heavy atom. The third-order valence-corrected chi connectivity index (χ3v) is 7.10. The molecule has 1 aromatic carbocycles. The largest absolute Gasteiger partial charge is 0.354 e. The van der Waals surface area contributed by atoms with Crippen molar-refractivity contribution < 1.29 is 9.18 Å². The molecule has 1 saturated heterocycles. The van der Waals surface area contributed by atoms with Gasteiger partial charge in [-0.15, -0.1) is 0 Å². The summed E-state index contributed by atoms with van der Waals surface area (Å²) in [5.41, 5.74) is 2.71. The van der Waals surface area contributed by atoms with Gasteiger partial charge in [-0.1, -0.05) is 26.3 Å². The Bertz CT molecular complexity index is 960. The molecule has 2 aromatic rings. The standard InChI is InChI=1S/C26H38FN5O/c1-19(2)11-12-31(26(33)21-7-5-8-21)18-24-20(3)28-32(23-10-6-9-22(27)17-23)25(24)30-15-13-29(4)14-16-30/h6,9-10,17,19,21H,5,7-8,11-16,18H2,1-4H3. The van der Waals surface area contributed by atoms with Crippen LogP contribution >= 0.6 is 0 Å². The van der Waals surface area contributed by atoms with Gasteiger partial charge in [-0.25, -0.2) is 9.07 Å².